The molecule has 0 heterocycles. The number of amides is 1. The smallest absolute Gasteiger partial charge is 0.226 e. The summed E-state index contributed by atoms with van der Waals surface area (Å²) < 4.78 is 0. The van der Waals surface area contributed by atoms with Crippen LogP contribution in [-0.4, -0.2) is 18.5 Å². The molecule has 4 rings (SSSR count). The summed E-state index contributed by atoms with van der Waals surface area (Å²) in [4.78, 5) is 13.7. The Morgan fingerprint density at radius 2 is 1.61 bits per heavy atom. The van der Waals surface area contributed by atoms with Gasteiger partial charge in [-0.15, -0.1) is 0 Å². The minimum absolute atomic E-state index is 0.172. The Kier molecular flexibility index (Phi) is 5.57. The first-order chi connectivity index (χ1) is 13.4. The van der Waals surface area contributed by atoms with Crippen LogP contribution in [0.4, 0.5) is 0 Å². The van der Waals surface area contributed by atoms with E-state index in [2.05, 4.69) is 49.5 Å². The highest BCUT2D eigenvalue weighted by molar-refractivity contribution is 5.83. The molecule has 1 amide bonds. The van der Waals surface area contributed by atoms with Crippen LogP contribution in [-0.2, 0) is 10.2 Å². The molecule has 2 atom stereocenters. The second kappa shape index (κ2) is 7.82. The molecule has 3 fully saturated rings. The van der Waals surface area contributed by atoms with Crippen molar-refractivity contribution in [2.45, 2.75) is 83.1 Å². The van der Waals surface area contributed by atoms with Crippen LogP contribution in [0, 0.1) is 23.2 Å². The molecule has 0 saturated heterocycles. The van der Waals surface area contributed by atoms with Crippen molar-refractivity contribution in [3.8, 4) is 0 Å². The molecule has 3 aliphatic rings. The summed E-state index contributed by atoms with van der Waals surface area (Å²) in [6, 6.07) is 11.4. The van der Waals surface area contributed by atoms with Gasteiger partial charge in [-0.05, 0) is 93.1 Å². The van der Waals surface area contributed by atoms with Gasteiger partial charge in [0, 0.05) is 6.04 Å². The third-order valence-corrected chi connectivity index (χ3v) is 8.02. The number of fused-ring (bicyclic) bond motifs is 2. The minimum atomic E-state index is -0.185. The highest BCUT2D eigenvalue weighted by Crippen LogP contribution is 2.59. The van der Waals surface area contributed by atoms with E-state index in [4.69, 9.17) is 5.73 Å². The average Bonchev–Trinajstić information content (AvgIpc) is 2.68. The summed E-state index contributed by atoms with van der Waals surface area (Å²) in [5, 5.41) is 3.51. The number of hydrogen-bond donors (Lipinski definition) is 2. The van der Waals surface area contributed by atoms with Crippen molar-refractivity contribution in [2.75, 3.05) is 6.54 Å². The van der Waals surface area contributed by atoms with Crippen molar-refractivity contribution in [3.05, 3.63) is 35.9 Å². The molecule has 154 valence electrons. The van der Waals surface area contributed by atoms with Crippen LogP contribution in [0.25, 0.3) is 0 Å². The molecule has 1 aromatic carbocycles. The van der Waals surface area contributed by atoms with E-state index in [0.29, 0.717) is 29.7 Å². The third-order valence-electron chi connectivity index (χ3n) is 8.02. The third kappa shape index (κ3) is 3.75. The molecule has 0 aromatic heterocycles. The summed E-state index contributed by atoms with van der Waals surface area (Å²) in [5.74, 6) is 2.20. The summed E-state index contributed by atoms with van der Waals surface area (Å²) >= 11 is 0. The number of hydrogen-bond acceptors (Lipinski definition) is 2. The molecule has 2 unspecified atom stereocenters. The van der Waals surface area contributed by atoms with E-state index in [1.165, 1.54) is 18.4 Å². The summed E-state index contributed by atoms with van der Waals surface area (Å²) in [7, 11) is 0. The van der Waals surface area contributed by atoms with Gasteiger partial charge in [-0.25, -0.2) is 0 Å². The minimum Gasteiger partial charge on any atom is -0.353 e. The second-order valence-electron chi connectivity index (χ2n) is 10.6. The highest BCUT2D eigenvalue weighted by Gasteiger charge is 2.56. The second-order valence-corrected chi connectivity index (χ2v) is 10.6. The molecule has 0 spiro atoms. The molecule has 3 N–H and O–H groups in total. The SMILES string of the molecule is CC1CC2(C(=O)NC3CCC(CN)CC3)CC(C)CC(c3ccccc3)(C1)C2. The van der Waals surface area contributed by atoms with Gasteiger partial charge in [-0.2, -0.15) is 0 Å². The first-order valence-electron chi connectivity index (χ1n) is 11.5. The monoisotopic (exact) mass is 382 g/mol. The molecule has 0 aliphatic heterocycles. The number of rotatable bonds is 4. The predicted octanol–water partition coefficient (Wildman–Crippen LogP) is 4.79. The topological polar surface area (TPSA) is 55.1 Å². The lowest BCUT2D eigenvalue weighted by Gasteiger charge is -2.56. The quantitative estimate of drug-likeness (QED) is 0.786. The molecule has 28 heavy (non-hydrogen) atoms. The maximum absolute atomic E-state index is 13.7. The van der Waals surface area contributed by atoms with Crippen LogP contribution in [0.1, 0.15) is 77.2 Å². The number of nitrogens with one attached hydrogen (secondary N) is 1. The molecule has 2 bridgehead atoms. The van der Waals surface area contributed by atoms with E-state index < -0.39 is 0 Å². The van der Waals surface area contributed by atoms with E-state index in [0.717, 1.165) is 51.5 Å². The first-order valence-corrected chi connectivity index (χ1v) is 11.5. The van der Waals surface area contributed by atoms with Crippen LogP contribution in [0.2, 0.25) is 0 Å². The van der Waals surface area contributed by atoms with Gasteiger partial charge in [0.1, 0.15) is 0 Å². The van der Waals surface area contributed by atoms with Gasteiger partial charge in [-0.3, -0.25) is 4.79 Å². The molecular formula is C25H38N2O. The van der Waals surface area contributed by atoms with Gasteiger partial charge < -0.3 is 11.1 Å². The lowest BCUT2D eigenvalue weighted by Crippen LogP contribution is -2.56. The number of carbonyl (C=O) groups is 1. The number of benzene rings is 1. The molecule has 0 radical (unpaired) electrons. The molecule has 3 nitrogen and oxygen atoms in total. The maximum atomic E-state index is 13.7. The van der Waals surface area contributed by atoms with Crippen molar-refractivity contribution in [2.24, 2.45) is 28.9 Å². The predicted molar refractivity (Wildman–Crippen MR) is 115 cm³/mol. The fourth-order valence-corrected chi connectivity index (χ4v) is 7.19. The lowest BCUT2D eigenvalue weighted by molar-refractivity contribution is -0.142. The van der Waals surface area contributed by atoms with E-state index >= 15 is 0 Å². The zero-order valence-corrected chi connectivity index (χ0v) is 17.8. The lowest BCUT2D eigenvalue weighted by atomic mass is 9.48. The van der Waals surface area contributed by atoms with E-state index in [1.807, 2.05) is 0 Å². The fourth-order valence-electron chi connectivity index (χ4n) is 7.19. The zero-order chi connectivity index (χ0) is 19.8. The zero-order valence-electron chi connectivity index (χ0n) is 17.8. The highest BCUT2D eigenvalue weighted by atomic mass is 16.2. The van der Waals surface area contributed by atoms with Crippen LogP contribution in [0.15, 0.2) is 30.3 Å². The molecule has 3 saturated carbocycles. The molecule has 1 aromatic rings. The Hall–Kier alpha value is -1.35. The summed E-state index contributed by atoms with van der Waals surface area (Å²) in [6.07, 6.45) is 10.1. The Morgan fingerprint density at radius 3 is 2.18 bits per heavy atom. The van der Waals surface area contributed by atoms with Crippen molar-refractivity contribution >= 4 is 5.91 Å². The van der Waals surface area contributed by atoms with E-state index in [1.54, 1.807) is 0 Å². The first kappa shape index (κ1) is 19.9. The van der Waals surface area contributed by atoms with Crippen LogP contribution >= 0.6 is 0 Å². The maximum Gasteiger partial charge on any atom is 0.226 e. The van der Waals surface area contributed by atoms with E-state index in [9.17, 15) is 4.79 Å². The van der Waals surface area contributed by atoms with Gasteiger partial charge in [0.15, 0.2) is 0 Å². The van der Waals surface area contributed by atoms with Gasteiger partial charge >= 0.3 is 0 Å². The van der Waals surface area contributed by atoms with E-state index in [-0.39, 0.29) is 10.8 Å². The van der Waals surface area contributed by atoms with Crippen LogP contribution in [0.3, 0.4) is 0 Å². The number of nitrogens with two attached hydrogens (primary N) is 1. The van der Waals surface area contributed by atoms with Crippen molar-refractivity contribution in [1.82, 2.24) is 5.32 Å². The van der Waals surface area contributed by atoms with Crippen LogP contribution in [0.5, 0.6) is 0 Å². The van der Waals surface area contributed by atoms with Gasteiger partial charge in [-0.1, -0.05) is 44.2 Å². The van der Waals surface area contributed by atoms with Crippen molar-refractivity contribution in [3.63, 3.8) is 0 Å². The Balaban J connectivity index is 1.56. The average molecular weight is 383 g/mol. The summed E-state index contributed by atoms with van der Waals surface area (Å²) in [6.45, 7) is 5.52. The summed E-state index contributed by atoms with van der Waals surface area (Å²) in [5.41, 5.74) is 7.28. The Morgan fingerprint density at radius 1 is 1.00 bits per heavy atom. The molecule has 3 aliphatic carbocycles. The fraction of sp³-hybridized carbons (Fsp3) is 0.720. The van der Waals surface area contributed by atoms with Gasteiger partial charge in [0.05, 0.1) is 5.41 Å². The largest absolute Gasteiger partial charge is 0.353 e. The van der Waals surface area contributed by atoms with Crippen molar-refractivity contribution in [1.29, 1.82) is 0 Å². The standard InChI is InChI=1S/C25H38N2O/c1-18-12-24(21-6-4-3-5-7-21)13-19(2)15-25(14-18,17-24)23(28)27-22-10-8-20(16-26)9-11-22/h3-7,18-20,22H,8-17,26H2,1-2H3,(H,27,28). The van der Waals surface area contributed by atoms with Gasteiger partial charge in [0.25, 0.3) is 0 Å². The van der Waals surface area contributed by atoms with Crippen LogP contribution < -0.4 is 11.1 Å². The van der Waals surface area contributed by atoms with Gasteiger partial charge in [0.2, 0.25) is 5.91 Å². The Bertz CT molecular complexity index is 663. The molecular weight excluding hydrogens is 344 g/mol. The van der Waals surface area contributed by atoms with Crippen molar-refractivity contribution < 1.29 is 4.79 Å². The number of carbonyl (C=O) groups excluding carboxylic acids is 1. The Labute approximate surface area is 170 Å². The normalized spacial score (nSPS) is 40.7. The molecule has 3 heteroatoms.